The molecule has 2 aromatic carbocycles. The molecule has 2 heterocycles. The second-order valence-corrected chi connectivity index (χ2v) is 5.13. The van der Waals surface area contributed by atoms with Crippen LogP contribution in [-0.2, 0) is 0 Å². The largest absolute Gasteiger partial charge is 0.464 e. The van der Waals surface area contributed by atoms with Crippen molar-refractivity contribution in [2.75, 3.05) is 0 Å². The van der Waals surface area contributed by atoms with Gasteiger partial charge < -0.3 is 8.83 Å². The number of fused-ring (bicyclic) bond motifs is 2. The Balaban J connectivity index is 2.06. The highest BCUT2D eigenvalue weighted by atomic mass is 19.2. The van der Waals surface area contributed by atoms with Crippen molar-refractivity contribution in [3.05, 3.63) is 59.6 Å². The molecule has 2 aromatic heterocycles. The first kappa shape index (κ1) is 13.0. The molecule has 0 saturated carbocycles. The molecule has 22 heavy (non-hydrogen) atoms. The van der Waals surface area contributed by atoms with Gasteiger partial charge in [-0.05, 0) is 36.8 Å². The number of rotatable bonds is 1. The van der Waals surface area contributed by atoms with Crippen LogP contribution in [0.3, 0.4) is 0 Å². The smallest absolute Gasteiger partial charge is 0.162 e. The highest BCUT2D eigenvalue weighted by molar-refractivity contribution is 5.97. The Morgan fingerprint density at radius 2 is 1.64 bits per heavy atom. The molecule has 4 rings (SSSR count). The monoisotopic (exact) mass is 302 g/mol. The number of hydrogen-bond donors (Lipinski definition) is 0. The van der Waals surface area contributed by atoms with Crippen LogP contribution in [0.25, 0.3) is 33.3 Å². The Morgan fingerprint density at radius 1 is 0.864 bits per heavy atom. The summed E-state index contributed by atoms with van der Waals surface area (Å²) in [5.74, 6) is -2.27. The molecule has 0 unspecified atom stereocenters. The van der Waals surface area contributed by atoms with E-state index in [4.69, 9.17) is 8.83 Å². The molecular formula is C17H9F3O2. The Morgan fingerprint density at radius 3 is 2.45 bits per heavy atom. The van der Waals surface area contributed by atoms with E-state index in [9.17, 15) is 13.2 Å². The van der Waals surface area contributed by atoms with Gasteiger partial charge in [-0.3, -0.25) is 0 Å². The van der Waals surface area contributed by atoms with E-state index in [0.717, 1.165) is 17.7 Å². The first-order chi connectivity index (χ1) is 10.5. The van der Waals surface area contributed by atoms with E-state index in [1.165, 1.54) is 24.5 Å². The van der Waals surface area contributed by atoms with Gasteiger partial charge in [-0.25, -0.2) is 13.2 Å². The molecular weight excluding hydrogens is 293 g/mol. The number of furan rings is 2. The lowest BCUT2D eigenvalue weighted by Gasteiger charge is -2.02. The number of aryl methyl sites for hydroxylation is 1. The zero-order valence-corrected chi connectivity index (χ0v) is 11.4. The third kappa shape index (κ3) is 1.75. The van der Waals surface area contributed by atoms with E-state index in [0.29, 0.717) is 16.4 Å². The predicted molar refractivity (Wildman–Crippen MR) is 76.0 cm³/mol. The van der Waals surface area contributed by atoms with E-state index in [-0.39, 0.29) is 16.9 Å². The standard InChI is InChI=1S/C17H9F3O2/c1-8-7-21-13-3-2-10(18)17(16(8)13)15-5-9-4-11(19)12(20)6-14(9)22-15/h2-7H,1H3. The van der Waals surface area contributed by atoms with Gasteiger partial charge in [0, 0.05) is 16.8 Å². The molecule has 5 heteroatoms. The number of halogens is 3. The second kappa shape index (κ2) is 4.40. The summed E-state index contributed by atoms with van der Waals surface area (Å²) < 4.78 is 51.7. The molecule has 0 aliphatic rings. The Labute approximate surface area is 122 Å². The summed E-state index contributed by atoms with van der Waals surface area (Å²) in [6.07, 6.45) is 1.52. The summed E-state index contributed by atoms with van der Waals surface area (Å²) in [6.45, 7) is 1.79. The van der Waals surface area contributed by atoms with Gasteiger partial charge in [0.1, 0.15) is 22.7 Å². The van der Waals surface area contributed by atoms with Crippen molar-refractivity contribution in [3.63, 3.8) is 0 Å². The van der Waals surface area contributed by atoms with Crippen LogP contribution in [0.4, 0.5) is 13.2 Å². The van der Waals surface area contributed by atoms with Crippen molar-refractivity contribution in [2.24, 2.45) is 0 Å². The van der Waals surface area contributed by atoms with Crippen LogP contribution in [0, 0.1) is 24.4 Å². The van der Waals surface area contributed by atoms with Gasteiger partial charge in [-0.15, -0.1) is 0 Å². The minimum atomic E-state index is -1.01. The highest BCUT2D eigenvalue weighted by Gasteiger charge is 2.19. The molecule has 0 saturated heterocycles. The average Bonchev–Trinajstić information content (AvgIpc) is 3.04. The normalized spacial score (nSPS) is 11.6. The van der Waals surface area contributed by atoms with Gasteiger partial charge in [0.2, 0.25) is 0 Å². The van der Waals surface area contributed by atoms with Crippen LogP contribution >= 0.6 is 0 Å². The van der Waals surface area contributed by atoms with E-state index >= 15 is 0 Å². The third-order valence-electron chi connectivity index (χ3n) is 3.68. The summed E-state index contributed by atoms with van der Waals surface area (Å²) in [6, 6.07) is 6.27. The van der Waals surface area contributed by atoms with Crippen molar-refractivity contribution in [3.8, 4) is 11.3 Å². The van der Waals surface area contributed by atoms with Crippen molar-refractivity contribution < 1.29 is 22.0 Å². The van der Waals surface area contributed by atoms with E-state index in [1.54, 1.807) is 6.92 Å². The molecule has 0 bridgehead atoms. The number of benzene rings is 2. The minimum absolute atomic E-state index is 0.159. The fourth-order valence-electron chi connectivity index (χ4n) is 2.66. The molecule has 110 valence electrons. The molecule has 0 fully saturated rings. The van der Waals surface area contributed by atoms with Crippen molar-refractivity contribution >= 4 is 21.9 Å². The van der Waals surface area contributed by atoms with Gasteiger partial charge in [0.25, 0.3) is 0 Å². The van der Waals surface area contributed by atoms with Crippen LogP contribution < -0.4 is 0 Å². The topological polar surface area (TPSA) is 26.3 Å². The van der Waals surface area contributed by atoms with Crippen LogP contribution in [0.15, 0.2) is 45.4 Å². The fraction of sp³-hybridized carbons (Fsp3) is 0.0588. The van der Waals surface area contributed by atoms with Crippen LogP contribution in [0.5, 0.6) is 0 Å². The van der Waals surface area contributed by atoms with Crippen LogP contribution in [0.2, 0.25) is 0 Å². The third-order valence-corrected chi connectivity index (χ3v) is 3.68. The molecule has 0 aliphatic carbocycles. The predicted octanol–water partition coefficient (Wildman–Crippen LogP) is 5.57. The summed E-state index contributed by atoms with van der Waals surface area (Å²) >= 11 is 0. The molecule has 2 nitrogen and oxygen atoms in total. The maximum atomic E-state index is 14.3. The van der Waals surface area contributed by atoms with Gasteiger partial charge in [-0.1, -0.05) is 0 Å². The van der Waals surface area contributed by atoms with Crippen LogP contribution in [0.1, 0.15) is 5.56 Å². The second-order valence-electron chi connectivity index (χ2n) is 5.13. The maximum absolute atomic E-state index is 14.3. The molecule has 0 atom stereocenters. The molecule has 0 N–H and O–H groups in total. The minimum Gasteiger partial charge on any atom is -0.464 e. The zero-order chi connectivity index (χ0) is 15.4. The first-order valence-corrected chi connectivity index (χ1v) is 6.60. The quantitative estimate of drug-likeness (QED) is 0.459. The number of hydrogen-bond acceptors (Lipinski definition) is 2. The van der Waals surface area contributed by atoms with Crippen molar-refractivity contribution in [1.29, 1.82) is 0 Å². The Hall–Kier alpha value is -2.69. The molecule has 0 amide bonds. The van der Waals surface area contributed by atoms with Crippen molar-refractivity contribution in [2.45, 2.75) is 6.92 Å². The molecule has 0 aliphatic heterocycles. The van der Waals surface area contributed by atoms with Gasteiger partial charge in [0.05, 0.1) is 11.8 Å². The van der Waals surface area contributed by atoms with Gasteiger partial charge in [-0.2, -0.15) is 0 Å². The molecule has 0 radical (unpaired) electrons. The zero-order valence-electron chi connectivity index (χ0n) is 11.4. The van der Waals surface area contributed by atoms with Gasteiger partial charge >= 0.3 is 0 Å². The van der Waals surface area contributed by atoms with E-state index in [2.05, 4.69) is 0 Å². The average molecular weight is 302 g/mol. The fourth-order valence-corrected chi connectivity index (χ4v) is 2.66. The van der Waals surface area contributed by atoms with Crippen molar-refractivity contribution in [1.82, 2.24) is 0 Å². The molecule has 0 spiro atoms. The Kier molecular flexibility index (Phi) is 2.60. The summed E-state index contributed by atoms with van der Waals surface area (Å²) in [5, 5.41) is 0.950. The highest BCUT2D eigenvalue weighted by Crippen LogP contribution is 2.37. The van der Waals surface area contributed by atoms with Gasteiger partial charge in [0.15, 0.2) is 11.6 Å². The van der Waals surface area contributed by atoms with E-state index in [1.807, 2.05) is 0 Å². The first-order valence-electron chi connectivity index (χ1n) is 6.60. The lowest BCUT2D eigenvalue weighted by molar-refractivity contribution is 0.507. The molecule has 4 aromatic rings. The summed E-state index contributed by atoms with van der Waals surface area (Å²) in [4.78, 5) is 0. The SMILES string of the molecule is Cc1coc2ccc(F)c(-c3cc4cc(F)c(F)cc4o3)c12. The Bertz CT molecular complexity index is 988. The lowest BCUT2D eigenvalue weighted by atomic mass is 10.0. The van der Waals surface area contributed by atoms with E-state index < -0.39 is 17.5 Å². The van der Waals surface area contributed by atoms with Crippen LogP contribution in [-0.4, -0.2) is 0 Å². The lowest BCUT2D eigenvalue weighted by Crippen LogP contribution is -1.84. The maximum Gasteiger partial charge on any atom is 0.162 e. The summed E-state index contributed by atoms with van der Waals surface area (Å²) in [5.41, 5.74) is 1.65. The summed E-state index contributed by atoms with van der Waals surface area (Å²) in [7, 11) is 0.